The van der Waals surface area contributed by atoms with E-state index < -0.39 is 15.8 Å². The maximum Gasteiger partial charge on any atom is 0.229 e. The summed E-state index contributed by atoms with van der Waals surface area (Å²) in [6.45, 7) is 1.88. The van der Waals surface area contributed by atoms with Gasteiger partial charge < -0.3 is 0 Å². The molecule has 0 heterocycles. The normalized spacial score (nSPS) is 11.4. The number of halogens is 1. The van der Waals surface area contributed by atoms with Crippen LogP contribution in [0.5, 0.6) is 0 Å². The average Bonchev–Trinajstić information content (AvgIpc) is 2.01. The zero-order valence-corrected chi connectivity index (χ0v) is 8.86. The van der Waals surface area contributed by atoms with Crippen molar-refractivity contribution in [1.29, 1.82) is 0 Å². The Kier molecular flexibility index (Phi) is 3.10. The van der Waals surface area contributed by atoms with Crippen molar-refractivity contribution in [2.24, 2.45) is 0 Å². The lowest BCUT2D eigenvalue weighted by atomic mass is 10.1. The Labute approximate surface area is 83.0 Å². The molecule has 1 aromatic rings. The van der Waals surface area contributed by atoms with Crippen LogP contribution in [0.1, 0.15) is 12.5 Å². The molecule has 0 atom stereocenters. The van der Waals surface area contributed by atoms with Gasteiger partial charge in [0.1, 0.15) is 5.82 Å². The molecule has 3 nitrogen and oxygen atoms in total. The van der Waals surface area contributed by atoms with Crippen molar-refractivity contribution in [3.05, 3.63) is 29.6 Å². The minimum atomic E-state index is -3.34. The molecular formula is C9H12FNO2S. The molecule has 0 saturated heterocycles. The first-order chi connectivity index (χ1) is 6.42. The molecule has 0 saturated carbocycles. The molecule has 1 N–H and O–H groups in total. The van der Waals surface area contributed by atoms with Crippen molar-refractivity contribution in [2.75, 3.05) is 11.0 Å². The highest BCUT2D eigenvalue weighted by atomic mass is 32.2. The van der Waals surface area contributed by atoms with Gasteiger partial charge in [-0.05, 0) is 24.1 Å². The van der Waals surface area contributed by atoms with Gasteiger partial charge in [-0.25, -0.2) is 12.8 Å². The lowest BCUT2D eigenvalue weighted by molar-refractivity contribution is 0.606. The van der Waals surface area contributed by atoms with E-state index in [9.17, 15) is 12.8 Å². The Hall–Kier alpha value is -1.10. The van der Waals surface area contributed by atoms with Crippen LogP contribution in [-0.2, 0) is 16.4 Å². The molecular weight excluding hydrogens is 205 g/mol. The van der Waals surface area contributed by atoms with Crippen molar-refractivity contribution < 1.29 is 12.8 Å². The summed E-state index contributed by atoms with van der Waals surface area (Å²) in [5.74, 6) is -0.451. The lowest BCUT2D eigenvalue weighted by Crippen LogP contribution is -2.11. The predicted molar refractivity (Wildman–Crippen MR) is 54.2 cm³/mol. The van der Waals surface area contributed by atoms with Crippen molar-refractivity contribution in [1.82, 2.24) is 0 Å². The smallest absolute Gasteiger partial charge is 0.229 e. The minimum Gasteiger partial charge on any atom is -0.283 e. The molecule has 14 heavy (non-hydrogen) atoms. The van der Waals surface area contributed by atoms with E-state index in [4.69, 9.17) is 0 Å². The summed E-state index contributed by atoms with van der Waals surface area (Å²) < 4.78 is 37.0. The molecule has 0 fully saturated rings. The van der Waals surface area contributed by atoms with E-state index in [1.807, 2.05) is 6.92 Å². The van der Waals surface area contributed by atoms with Gasteiger partial charge in [0, 0.05) is 0 Å². The molecule has 0 amide bonds. The Balaban J connectivity index is 3.11. The van der Waals surface area contributed by atoms with Gasteiger partial charge in [0.25, 0.3) is 0 Å². The first-order valence-electron chi connectivity index (χ1n) is 4.18. The van der Waals surface area contributed by atoms with Crippen LogP contribution < -0.4 is 4.72 Å². The number of aryl methyl sites for hydroxylation is 1. The number of nitrogens with one attached hydrogen (secondary N) is 1. The second kappa shape index (κ2) is 3.96. The van der Waals surface area contributed by atoms with Gasteiger partial charge >= 0.3 is 0 Å². The summed E-state index contributed by atoms with van der Waals surface area (Å²) in [6.07, 6.45) is 1.69. The standard InChI is InChI=1S/C9H12FNO2S/c1-3-7-4-5-8(10)6-9(7)11-14(2,12)13/h4-6,11H,3H2,1-2H3. The maximum absolute atomic E-state index is 12.8. The average molecular weight is 217 g/mol. The van der Waals surface area contributed by atoms with E-state index in [1.165, 1.54) is 12.1 Å². The highest BCUT2D eigenvalue weighted by molar-refractivity contribution is 7.92. The summed E-state index contributed by atoms with van der Waals surface area (Å²) in [5, 5.41) is 0. The summed E-state index contributed by atoms with van der Waals surface area (Å²) in [7, 11) is -3.34. The van der Waals surface area contributed by atoms with E-state index in [0.29, 0.717) is 12.1 Å². The summed E-state index contributed by atoms with van der Waals surface area (Å²) >= 11 is 0. The van der Waals surface area contributed by atoms with Crippen LogP contribution in [0.25, 0.3) is 0 Å². The first-order valence-corrected chi connectivity index (χ1v) is 6.07. The second-order valence-electron chi connectivity index (χ2n) is 3.03. The predicted octanol–water partition coefficient (Wildman–Crippen LogP) is 1.76. The third-order valence-corrected chi connectivity index (χ3v) is 2.34. The molecule has 0 radical (unpaired) electrons. The van der Waals surface area contributed by atoms with Crippen LogP contribution in [0.3, 0.4) is 0 Å². The number of anilines is 1. The molecule has 5 heteroatoms. The SMILES string of the molecule is CCc1ccc(F)cc1NS(C)(=O)=O. The van der Waals surface area contributed by atoms with Crippen molar-refractivity contribution >= 4 is 15.7 Å². The molecule has 0 unspecified atom stereocenters. The monoisotopic (exact) mass is 217 g/mol. The second-order valence-corrected chi connectivity index (χ2v) is 4.78. The number of benzene rings is 1. The number of hydrogen-bond acceptors (Lipinski definition) is 2. The van der Waals surface area contributed by atoms with E-state index in [-0.39, 0.29) is 0 Å². The van der Waals surface area contributed by atoms with Gasteiger partial charge in [0.05, 0.1) is 11.9 Å². The molecule has 0 aliphatic carbocycles. The highest BCUT2D eigenvalue weighted by Crippen LogP contribution is 2.18. The topological polar surface area (TPSA) is 46.2 Å². The fourth-order valence-electron chi connectivity index (χ4n) is 1.15. The maximum atomic E-state index is 12.8. The zero-order chi connectivity index (χ0) is 10.8. The molecule has 0 aromatic heterocycles. The van der Waals surface area contributed by atoms with E-state index in [0.717, 1.165) is 11.8 Å². The van der Waals surface area contributed by atoms with Gasteiger partial charge in [0.15, 0.2) is 0 Å². The van der Waals surface area contributed by atoms with Crippen LogP contribution in [-0.4, -0.2) is 14.7 Å². The van der Waals surface area contributed by atoms with Crippen LogP contribution in [0.2, 0.25) is 0 Å². The largest absolute Gasteiger partial charge is 0.283 e. The summed E-state index contributed by atoms with van der Waals surface area (Å²) in [4.78, 5) is 0. The Bertz CT molecular complexity index is 428. The minimum absolute atomic E-state index is 0.315. The molecule has 0 aliphatic heterocycles. The van der Waals surface area contributed by atoms with Crippen LogP contribution in [0, 0.1) is 5.82 Å². The number of hydrogen-bond donors (Lipinski definition) is 1. The third kappa shape index (κ3) is 2.99. The molecule has 0 aliphatic rings. The number of rotatable bonds is 3. The van der Waals surface area contributed by atoms with E-state index >= 15 is 0 Å². The molecule has 1 rings (SSSR count). The number of sulfonamides is 1. The van der Waals surface area contributed by atoms with Crippen molar-refractivity contribution in [2.45, 2.75) is 13.3 Å². The van der Waals surface area contributed by atoms with Gasteiger partial charge in [-0.3, -0.25) is 4.72 Å². The van der Waals surface area contributed by atoms with Crippen molar-refractivity contribution in [3.63, 3.8) is 0 Å². The Morgan fingerprint density at radius 2 is 2.07 bits per heavy atom. The van der Waals surface area contributed by atoms with Gasteiger partial charge in [-0.1, -0.05) is 13.0 Å². The third-order valence-electron chi connectivity index (χ3n) is 1.75. The zero-order valence-electron chi connectivity index (χ0n) is 8.04. The fraction of sp³-hybridized carbons (Fsp3) is 0.333. The molecule has 0 bridgehead atoms. The van der Waals surface area contributed by atoms with Gasteiger partial charge in [-0.2, -0.15) is 0 Å². The Morgan fingerprint density at radius 3 is 2.57 bits per heavy atom. The fourth-order valence-corrected chi connectivity index (χ4v) is 1.74. The van der Waals surface area contributed by atoms with Crippen LogP contribution in [0.15, 0.2) is 18.2 Å². The van der Waals surface area contributed by atoms with E-state index in [2.05, 4.69) is 4.72 Å². The Morgan fingerprint density at radius 1 is 1.43 bits per heavy atom. The summed E-state index contributed by atoms with van der Waals surface area (Å²) in [6, 6.07) is 4.06. The quantitative estimate of drug-likeness (QED) is 0.838. The first kappa shape index (κ1) is 11.0. The molecule has 0 spiro atoms. The van der Waals surface area contributed by atoms with Gasteiger partial charge in [0.2, 0.25) is 10.0 Å². The van der Waals surface area contributed by atoms with Crippen LogP contribution >= 0.6 is 0 Å². The van der Waals surface area contributed by atoms with E-state index in [1.54, 1.807) is 6.07 Å². The lowest BCUT2D eigenvalue weighted by Gasteiger charge is -2.08. The van der Waals surface area contributed by atoms with Gasteiger partial charge in [-0.15, -0.1) is 0 Å². The van der Waals surface area contributed by atoms with Crippen LogP contribution in [0.4, 0.5) is 10.1 Å². The summed E-state index contributed by atoms with van der Waals surface area (Å²) in [5.41, 5.74) is 1.09. The highest BCUT2D eigenvalue weighted by Gasteiger charge is 2.07. The molecule has 1 aromatic carbocycles. The van der Waals surface area contributed by atoms with Crippen molar-refractivity contribution in [3.8, 4) is 0 Å². The molecule has 78 valence electrons.